The Hall–Kier alpha value is -1.25. The Morgan fingerprint density at radius 1 is 1.19 bits per heavy atom. The maximum atomic E-state index is 11.9. The van der Waals surface area contributed by atoms with Crippen LogP contribution < -0.4 is 4.74 Å². The standard InChI is InChI=1S/C15H10INO2S2/c16-11-1-3-13(4-2-11)19-14(18)7-12-9-21-15(17-12)10-5-6-20-8-10/h1-6,8-9H,7H2. The fraction of sp³-hybridized carbons (Fsp3) is 0.0667. The molecule has 106 valence electrons. The largest absolute Gasteiger partial charge is 0.426 e. The van der Waals surface area contributed by atoms with Crippen molar-refractivity contribution in [3.8, 4) is 16.3 Å². The molecule has 0 aliphatic carbocycles. The normalized spacial score (nSPS) is 10.5. The summed E-state index contributed by atoms with van der Waals surface area (Å²) in [6, 6.07) is 9.41. The van der Waals surface area contributed by atoms with E-state index < -0.39 is 0 Å². The minimum Gasteiger partial charge on any atom is -0.426 e. The van der Waals surface area contributed by atoms with Crippen LogP contribution in [0.4, 0.5) is 0 Å². The molecule has 6 heteroatoms. The maximum Gasteiger partial charge on any atom is 0.317 e. The number of hydrogen-bond donors (Lipinski definition) is 0. The molecule has 0 aliphatic heterocycles. The first kappa shape index (κ1) is 14.7. The van der Waals surface area contributed by atoms with Gasteiger partial charge in [0.15, 0.2) is 0 Å². The minimum absolute atomic E-state index is 0.187. The molecule has 0 saturated carbocycles. The Labute approximate surface area is 143 Å². The molecule has 0 unspecified atom stereocenters. The summed E-state index contributed by atoms with van der Waals surface area (Å²) in [6.45, 7) is 0. The summed E-state index contributed by atoms with van der Waals surface area (Å²) < 4.78 is 6.40. The first-order valence-corrected chi connectivity index (χ1v) is 9.04. The van der Waals surface area contributed by atoms with Crippen molar-refractivity contribution >= 4 is 51.2 Å². The van der Waals surface area contributed by atoms with Gasteiger partial charge in [-0.3, -0.25) is 4.79 Å². The molecule has 0 fully saturated rings. The molecule has 3 rings (SSSR count). The molecule has 0 N–H and O–H groups in total. The molecule has 0 radical (unpaired) electrons. The molecule has 2 heterocycles. The van der Waals surface area contributed by atoms with E-state index in [1.165, 1.54) is 0 Å². The molecule has 3 nitrogen and oxygen atoms in total. The van der Waals surface area contributed by atoms with Gasteiger partial charge in [0, 0.05) is 19.9 Å². The van der Waals surface area contributed by atoms with Crippen LogP contribution in [0.15, 0.2) is 46.5 Å². The van der Waals surface area contributed by atoms with E-state index in [0.717, 1.165) is 19.8 Å². The SMILES string of the molecule is O=C(Cc1csc(-c2ccsc2)n1)Oc1ccc(I)cc1. The van der Waals surface area contributed by atoms with Crippen LogP contribution in [0, 0.1) is 3.57 Å². The number of halogens is 1. The van der Waals surface area contributed by atoms with Crippen molar-refractivity contribution in [3.63, 3.8) is 0 Å². The van der Waals surface area contributed by atoms with E-state index in [0.29, 0.717) is 5.75 Å². The smallest absolute Gasteiger partial charge is 0.317 e. The summed E-state index contributed by atoms with van der Waals surface area (Å²) in [5.41, 5.74) is 1.85. The van der Waals surface area contributed by atoms with Gasteiger partial charge in [-0.25, -0.2) is 4.98 Å². The van der Waals surface area contributed by atoms with Gasteiger partial charge in [-0.2, -0.15) is 11.3 Å². The van der Waals surface area contributed by atoms with Crippen LogP contribution in [0.3, 0.4) is 0 Å². The monoisotopic (exact) mass is 427 g/mol. The molecule has 0 bridgehead atoms. The Balaban J connectivity index is 1.64. The van der Waals surface area contributed by atoms with Gasteiger partial charge < -0.3 is 4.74 Å². The Kier molecular flexibility index (Phi) is 4.67. The number of benzene rings is 1. The van der Waals surface area contributed by atoms with Crippen molar-refractivity contribution in [1.82, 2.24) is 4.98 Å². The lowest BCUT2D eigenvalue weighted by molar-refractivity contribution is -0.133. The van der Waals surface area contributed by atoms with Gasteiger partial charge in [0.1, 0.15) is 10.8 Å². The van der Waals surface area contributed by atoms with Gasteiger partial charge >= 0.3 is 5.97 Å². The summed E-state index contributed by atoms with van der Waals surface area (Å²) in [6.07, 6.45) is 0.187. The van der Waals surface area contributed by atoms with Crippen LogP contribution >= 0.6 is 45.3 Å². The summed E-state index contributed by atoms with van der Waals surface area (Å²) in [7, 11) is 0. The molecule has 1 aromatic carbocycles. The average molecular weight is 427 g/mol. The predicted molar refractivity (Wildman–Crippen MR) is 93.9 cm³/mol. The van der Waals surface area contributed by atoms with Crippen LogP contribution in [-0.4, -0.2) is 11.0 Å². The zero-order valence-corrected chi connectivity index (χ0v) is 14.6. The van der Waals surface area contributed by atoms with Gasteiger partial charge in [0.2, 0.25) is 0 Å². The summed E-state index contributed by atoms with van der Waals surface area (Å²) in [4.78, 5) is 16.4. The molecule has 3 aromatic rings. The van der Waals surface area contributed by atoms with Gasteiger partial charge in [-0.1, -0.05) is 0 Å². The van der Waals surface area contributed by atoms with Crippen LogP contribution in [0.2, 0.25) is 0 Å². The van der Waals surface area contributed by atoms with Gasteiger partial charge in [0.05, 0.1) is 12.1 Å². The average Bonchev–Trinajstić information content (AvgIpc) is 3.12. The van der Waals surface area contributed by atoms with Crippen molar-refractivity contribution in [1.29, 1.82) is 0 Å². The molecule has 0 aliphatic rings. The van der Waals surface area contributed by atoms with E-state index in [9.17, 15) is 4.79 Å². The van der Waals surface area contributed by atoms with E-state index in [1.54, 1.807) is 34.8 Å². The molecular formula is C15H10INO2S2. The molecule has 2 aromatic heterocycles. The van der Waals surface area contributed by atoms with E-state index in [-0.39, 0.29) is 12.4 Å². The number of thiophene rings is 1. The fourth-order valence-corrected chi connectivity index (χ4v) is 3.62. The van der Waals surface area contributed by atoms with E-state index in [2.05, 4.69) is 27.6 Å². The van der Waals surface area contributed by atoms with Crippen molar-refractivity contribution in [3.05, 3.63) is 55.7 Å². The molecule has 0 spiro atoms. The Bertz CT molecular complexity index is 735. The summed E-state index contributed by atoms with van der Waals surface area (Å²) >= 11 is 5.39. The van der Waals surface area contributed by atoms with Crippen LogP contribution in [0.5, 0.6) is 5.75 Å². The molecule has 0 atom stereocenters. The number of nitrogens with zero attached hydrogens (tertiary/aromatic N) is 1. The molecular weight excluding hydrogens is 417 g/mol. The number of thiazole rings is 1. The highest BCUT2D eigenvalue weighted by Crippen LogP contribution is 2.26. The molecule has 0 amide bonds. The number of ether oxygens (including phenoxy) is 1. The quantitative estimate of drug-likeness (QED) is 0.347. The maximum absolute atomic E-state index is 11.9. The van der Waals surface area contributed by atoms with Crippen LogP contribution in [-0.2, 0) is 11.2 Å². The third kappa shape index (κ3) is 3.90. The second-order valence-corrected chi connectivity index (χ2v) is 7.14. The van der Waals surface area contributed by atoms with Gasteiger partial charge in [-0.05, 0) is 58.3 Å². The Morgan fingerprint density at radius 2 is 2.00 bits per heavy atom. The highest BCUT2D eigenvalue weighted by Gasteiger charge is 2.11. The van der Waals surface area contributed by atoms with E-state index in [1.807, 2.05) is 34.3 Å². The number of aromatic nitrogens is 1. The number of carbonyl (C=O) groups is 1. The highest BCUT2D eigenvalue weighted by molar-refractivity contribution is 14.1. The van der Waals surface area contributed by atoms with Crippen molar-refractivity contribution in [2.24, 2.45) is 0 Å². The van der Waals surface area contributed by atoms with Crippen molar-refractivity contribution in [2.75, 3.05) is 0 Å². The minimum atomic E-state index is -0.293. The second kappa shape index (κ2) is 6.67. The number of rotatable bonds is 4. The summed E-state index contributed by atoms with van der Waals surface area (Å²) in [5.74, 6) is 0.270. The van der Waals surface area contributed by atoms with Crippen molar-refractivity contribution < 1.29 is 9.53 Å². The van der Waals surface area contributed by atoms with Gasteiger partial charge in [-0.15, -0.1) is 11.3 Å². The number of carbonyl (C=O) groups excluding carboxylic acids is 1. The number of hydrogen-bond acceptors (Lipinski definition) is 5. The first-order chi connectivity index (χ1) is 10.2. The zero-order valence-electron chi connectivity index (χ0n) is 10.8. The zero-order chi connectivity index (χ0) is 14.7. The first-order valence-electron chi connectivity index (χ1n) is 6.14. The fourth-order valence-electron chi connectivity index (χ4n) is 1.72. The third-order valence-electron chi connectivity index (χ3n) is 2.69. The van der Waals surface area contributed by atoms with Crippen LogP contribution in [0.25, 0.3) is 10.6 Å². The lowest BCUT2D eigenvalue weighted by Gasteiger charge is -2.02. The van der Waals surface area contributed by atoms with E-state index in [4.69, 9.17) is 4.74 Å². The number of esters is 1. The lowest BCUT2D eigenvalue weighted by Crippen LogP contribution is -2.11. The molecule has 0 saturated heterocycles. The summed E-state index contributed by atoms with van der Waals surface area (Å²) in [5, 5.41) is 6.91. The topological polar surface area (TPSA) is 39.2 Å². The molecule has 21 heavy (non-hydrogen) atoms. The lowest BCUT2D eigenvalue weighted by atomic mass is 10.3. The van der Waals surface area contributed by atoms with Gasteiger partial charge in [0.25, 0.3) is 0 Å². The second-order valence-electron chi connectivity index (χ2n) is 4.26. The highest BCUT2D eigenvalue weighted by atomic mass is 127. The predicted octanol–water partition coefficient (Wildman–Crippen LogP) is 4.62. The van der Waals surface area contributed by atoms with E-state index >= 15 is 0 Å². The Morgan fingerprint density at radius 3 is 2.71 bits per heavy atom. The third-order valence-corrected chi connectivity index (χ3v) is 5.03. The van der Waals surface area contributed by atoms with Crippen molar-refractivity contribution in [2.45, 2.75) is 6.42 Å². The van der Waals surface area contributed by atoms with Crippen LogP contribution in [0.1, 0.15) is 5.69 Å².